The molecular formula is C19H18FN5O2S. The van der Waals surface area contributed by atoms with Crippen LogP contribution in [-0.4, -0.2) is 43.3 Å². The summed E-state index contributed by atoms with van der Waals surface area (Å²) in [7, 11) is 0. The van der Waals surface area contributed by atoms with E-state index in [0.717, 1.165) is 17.9 Å². The summed E-state index contributed by atoms with van der Waals surface area (Å²) in [6.45, 7) is 0.175. The topological polar surface area (TPSA) is 81.9 Å². The number of hydrogen-bond acceptors (Lipinski definition) is 6. The number of aromatic nitrogens is 4. The number of rotatable bonds is 6. The highest BCUT2D eigenvalue weighted by atomic mass is 32.2. The number of nitrogens with zero attached hydrogens (tertiary/aromatic N) is 4. The number of carbonyl (C=O) groups excluding carboxylic acids is 1. The van der Waals surface area contributed by atoms with E-state index in [4.69, 9.17) is 4.74 Å². The lowest BCUT2D eigenvalue weighted by atomic mass is 10.2. The van der Waals surface area contributed by atoms with Crippen LogP contribution in [0.1, 0.15) is 22.6 Å². The SMILES string of the molecule is O=C(NCc1nncn1-c1ccc(F)cc1)c1ccnc(OC2CCSC2)c1. The zero-order valence-corrected chi connectivity index (χ0v) is 15.7. The summed E-state index contributed by atoms with van der Waals surface area (Å²) < 4.78 is 20.6. The smallest absolute Gasteiger partial charge is 0.251 e. The van der Waals surface area contributed by atoms with Gasteiger partial charge in [0.1, 0.15) is 18.2 Å². The Hall–Kier alpha value is -2.94. The van der Waals surface area contributed by atoms with Crippen LogP contribution in [0.2, 0.25) is 0 Å². The van der Waals surface area contributed by atoms with Gasteiger partial charge in [-0.1, -0.05) is 0 Å². The van der Waals surface area contributed by atoms with E-state index in [1.54, 1.807) is 35.0 Å². The maximum absolute atomic E-state index is 13.1. The minimum atomic E-state index is -0.321. The van der Waals surface area contributed by atoms with Crippen molar-refractivity contribution in [3.63, 3.8) is 0 Å². The molecule has 1 amide bonds. The Balaban J connectivity index is 1.41. The minimum Gasteiger partial charge on any atom is -0.473 e. The standard InChI is InChI=1S/C19H18FN5O2S/c20-14-1-3-15(4-2-14)25-12-23-24-17(25)10-22-19(26)13-5-7-21-18(9-13)27-16-6-8-28-11-16/h1-5,7,9,12,16H,6,8,10-11H2,(H,22,26). The van der Waals surface area contributed by atoms with Gasteiger partial charge in [0.15, 0.2) is 5.82 Å². The molecule has 0 bridgehead atoms. The molecule has 1 aliphatic rings. The molecule has 1 aliphatic heterocycles. The van der Waals surface area contributed by atoms with Crippen molar-refractivity contribution < 1.29 is 13.9 Å². The fourth-order valence-electron chi connectivity index (χ4n) is 2.85. The van der Waals surface area contributed by atoms with Crippen LogP contribution in [0.15, 0.2) is 48.9 Å². The van der Waals surface area contributed by atoms with E-state index in [9.17, 15) is 9.18 Å². The summed E-state index contributed by atoms with van der Waals surface area (Å²) in [6.07, 6.45) is 4.21. The molecule has 9 heteroatoms. The van der Waals surface area contributed by atoms with E-state index in [1.807, 2.05) is 11.8 Å². The van der Waals surface area contributed by atoms with Gasteiger partial charge in [0.05, 0.1) is 6.54 Å². The highest BCUT2D eigenvalue weighted by Crippen LogP contribution is 2.22. The number of halogens is 1. The van der Waals surface area contributed by atoms with Gasteiger partial charge in [0.25, 0.3) is 5.91 Å². The first-order chi connectivity index (χ1) is 13.7. The van der Waals surface area contributed by atoms with E-state index < -0.39 is 0 Å². The Morgan fingerprint density at radius 2 is 2.18 bits per heavy atom. The summed E-state index contributed by atoms with van der Waals surface area (Å²) in [5, 5.41) is 10.7. The van der Waals surface area contributed by atoms with Gasteiger partial charge in [0, 0.05) is 29.3 Å². The van der Waals surface area contributed by atoms with Crippen LogP contribution in [0.25, 0.3) is 5.69 Å². The van der Waals surface area contributed by atoms with Crippen LogP contribution in [0.5, 0.6) is 5.88 Å². The fraction of sp³-hybridized carbons (Fsp3) is 0.263. The van der Waals surface area contributed by atoms with E-state index in [1.165, 1.54) is 18.5 Å². The Morgan fingerprint density at radius 1 is 1.32 bits per heavy atom. The van der Waals surface area contributed by atoms with Gasteiger partial charge in [-0.25, -0.2) is 9.37 Å². The summed E-state index contributed by atoms with van der Waals surface area (Å²) in [6, 6.07) is 9.24. The molecule has 144 valence electrons. The Morgan fingerprint density at radius 3 is 2.96 bits per heavy atom. The number of thioether (sulfide) groups is 1. The first-order valence-corrected chi connectivity index (χ1v) is 9.98. The van der Waals surface area contributed by atoms with Crippen LogP contribution >= 0.6 is 11.8 Å². The van der Waals surface area contributed by atoms with Gasteiger partial charge >= 0.3 is 0 Å². The quantitative estimate of drug-likeness (QED) is 0.686. The molecule has 28 heavy (non-hydrogen) atoms. The highest BCUT2D eigenvalue weighted by molar-refractivity contribution is 7.99. The molecule has 1 saturated heterocycles. The average molecular weight is 399 g/mol. The number of amides is 1. The molecule has 1 fully saturated rings. The predicted molar refractivity (Wildman–Crippen MR) is 103 cm³/mol. The molecule has 1 N–H and O–H groups in total. The first-order valence-electron chi connectivity index (χ1n) is 8.82. The average Bonchev–Trinajstić information content (AvgIpc) is 3.39. The third kappa shape index (κ3) is 4.30. The van der Waals surface area contributed by atoms with Crippen molar-refractivity contribution in [2.45, 2.75) is 19.1 Å². The highest BCUT2D eigenvalue weighted by Gasteiger charge is 2.18. The van der Waals surface area contributed by atoms with Crippen molar-refractivity contribution in [2.75, 3.05) is 11.5 Å². The van der Waals surface area contributed by atoms with E-state index in [0.29, 0.717) is 23.0 Å². The summed E-state index contributed by atoms with van der Waals surface area (Å²) in [4.78, 5) is 16.7. The molecule has 4 rings (SSSR count). The fourth-order valence-corrected chi connectivity index (χ4v) is 3.94. The second-order valence-corrected chi connectivity index (χ2v) is 7.41. The number of nitrogens with one attached hydrogen (secondary N) is 1. The van der Waals surface area contributed by atoms with E-state index >= 15 is 0 Å². The van der Waals surface area contributed by atoms with Crippen LogP contribution in [0.4, 0.5) is 4.39 Å². The number of hydrogen-bond donors (Lipinski definition) is 1. The van der Waals surface area contributed by atoms with Gasteiger partial charge in [0.2, 0.25) is 5.88 Å². The van der Waals surface area contributed by atoms with Gasteiger partial charge in [-0.3, -0.25) is 9.36 Å². The van der Waals surface area contributed by atoms with Crippen molar-refractivity contribution in [2.24, 2.45) is 0 Å². The Labute approximate surface area is 165 Å². The van der Waals surface area contributed by atoms with Crippen molar-refractivity contribution in [3.8, 4) is 11.6 Å². The van der Waals surface area contributed by atoms with Crippen LogP contribution in [-0.2, 0) is 6.54 Å². The maximum atomic E-state index is 13.1. The van der Waals surface area contributed by atoms with Crippen LogP contribution < -0.4 is 10.1 Å². The van der Waals surface area contributed by atoms with Gasteiger partial charge in [-0.05, 0) is 42.5 Å². The largest absolute Gasteiger partial charge is 0.473 e. The molecule has 2 aromatic heterocycles. The molecule has 0 spiro atoms. The molecule has 0 aliphatic carbocycles. The lowest BCUT2D eigenvalue weighted by Gasteiger charge is -2.12. The molecule has 1 aromatic carbocycles. The second kappa shape index (κ2) is 8.39. The minimum absolute atomic E-state index is 0.144. The molecular weight excluding hydrogens is 381 g/mol. The zero-order chi connectivity index (χ0) is 19.3. The number of ether oxygens (including phenoxy) is 1. The third-order valence-electron chi connectivity index (χ3n) is 4.30. The molecule has 3 aromatic rings. The Kier molecular flexibility index (Phi) is 5.52. The second-order valence-electron chi connectivity index (χ2n) is 6.26. The summed E-state index contributed by atoms with van der Waals surface area (Å²) in [5.74, 6) is 2.43. The van der Waals surface area contributed by atoms with E-state index in [-0.39, 0.29) is 24.4 Å². The number of benzene rings is 1. The molecule has 0 saturated carbocycles. The molecule has 3 heterocycles. The normalized spacial score (nSPS) is 16.1. The van der Waals surface area contributed by atoms with Crippen molar-refractivity contribution in [1.82, 2.24) is 25.1 Å². The summed E-state index contributed by atoms with van der Waals surface area (Å²) in [5.41, 5.74) is 1.17. The zero-order valence-electron chi connectivity index (χ0n) is 14.9. The summed E-state index contributed by atoms with van der Waals surface area (Å²) >= 11 is 1.85. The lowest BCUT2D eigenvalue weighted by molar-refractivity contribution is 0.0948. The van der Waals surface area contributed by atoms with Gasteiger partial charge in [-0.2, -0.15) is 11.8 Å². The predicted octanol–water partition coefficient (Wildman–Crippen LogP) is 2.62. The van der Waals surface area contributed by atoms with Crippen LogP contribution in [0, 0.1) is 5.82 Å². The Bertz CT molecular complexity index is 957. The lowest BCUT2D eigenvalue weighted by Crippen LogP contribution is -2.25. The molecule has 0 radical (unpaired) electrons. The van der Waals surface area contributed by atoms with Crippen LogP contribution in [0.3, 0.4) is 0 Å². The third-order valence-corrected chi connectivity index (χ3v) is 5.43. The van der Waals surface area contributed by atoms with Crippen molar-refractivity contribution in [3.05, 3.63) is 66.1 Å². The monoisotopic (exact) mass is 399 g/mol. The number of carbonyl (C=O) groups is 1. The molecule has 7 nitrogen and oxygen atoms in total. The van der Waals surface area contributed by atoms with E-state index in [2.05, 4.69) is 20.5 Å². The molecule has 1 atom stereocenters. The van der Waals surface area contributed by atoms with Crippen molar-refractivity contribution in [1.29, 1.82) is 0 Å². The molecule has 1 unspecified atom stereocenters. The number of pyridine rings is 1. The first kappa shape index (κ1) is 18.4. The van der Waals surface area contributed by atoms with Crippen molar-refractivity contribution >= 4 is 17.7 Å². The van der Waals surface area contributed by atoms with Gasteiger partial charge < -0.3 is 10.1 Å². The van der Waals surface area contributed by atoms with Gasteiger partial charge in [-0.15, -0.1) is 10.2 Å². The maximum Gasteiger partial charge on any atom is 0.251 e.